The zero-order valence-corrected chi connectivity index (χ0v) is 14.3. The lowest BCUT2D eigenvalue weighted by atomic mass is 10.1. The summed E-state index contributed by atoms with van der Waals surface area (Å²) in [6.07, 6.45) is 3.71. The molecule has 0 atom stereocenters. The first-order valence-electron chi connectivity index (χ1n) is 7.96. The molecule has 0 bridgehead atoms. The zero-order valence-electron chi connectivity index (χ0n) is 14.3. The van der Waals surface area contributed by atoms with E-state index in [-0.39, 0.29) is 18.4 Å². The number of rotatable bonds is 6. The number of amides is 2. The molecule has 0 spiro atoms. The van der Waals surface area contributed by atoms with Crippen molar-refractivity contribution in [2.75, 3.05) is 6.54 Å². The van der Waals surface area contributed by atoms with Gasteiger partial charge in [0.1, 0.15) is 0 Å². The number of aryl methyl sites for hydroxylation is 1. The molecule has 0 aliphatic rings. The minimum Gasteiger partial charge on any atom is -0.343 e. The number of hydrogen-bond acceptors (Lipinski definition) is 3. The summed E-state index contributed by atoms with van der Waals surface area (Å²) >= 11 is 0. The summed E-state index contributed by atoms with van der Waals surface area (Å²) in [5.41, 5.74) is 5.71. The largest absolute Gasteiger partial charge is 0.343 e. The summed E-state index contributed by atoms with van der Waals surface area (Å²) in [6, 6.07) is 16.9. The van der Waals surface area contributed by atoms with Gasteiger partial charge in [-0.05, 0) is 37.6 Å². The Morgan fingerprint density at radius 1 is 1.04 bits per heavy atom. The highest BCUT2D eigenvalue weighted by Gasteiger charge is 2.07. The van der Waals surface area contributed by atoms with Crippen LogP contribution in [-0.4, -0.2) is 24.1 Å². The summed E-state index contributed by atoms with van der Waals surface area (Å²) in [5, 5.41) is 6.54. The smallest absolute Gasteiger partial charge is 0.259 e. The van der Waals surface area contributed by atoms with Crippen LogP contribution in [0.1, 0.15) is 28.4 Å². The van der Waals surface area contributed by atoms with Crippen molar-refractivity contribution in [1.82, 2.24) is 10.7 Å². The summed E-state index contributed by atoms with van der Waals surface area (Å²) in [7, 11) is 0. The Balaban J connectivity index is 1.78. The SMILES string of the molecule is CC(/C=C/c1ccccc1)=N/NC(=O)CNC(=O)c1ccc(C)cc1. The molecule has 2 aromatic carbocycles. The van der Waals surface area contributed by atoms with Crippen LogP contribution in [0.3, 0.4) is 0 Å². The zero-order chi connectivity index (χ0) is 18.1. The Hall–Kier alpha value is -3.21. The van der Waals surface area contributed by atoms with E-state index in [2.05, 4.69) is 15.8 Å². The monoisotopic (exact) mass is 335 g/mol. The van der Waals surface area contributed by atoms with E-state index in [9.17, 15) is 9.59 Å². The average Bonchev–Trinajstić information content (AvgIpc) is 2.64. The molecule has 5 nitrogen and oxygen atoms in total. The van der Waals surface area contributed by atoms with Crippen molar-refractivity contribution in [2.24, 2.45) is 5.10 Å². The van der Waals surface area contributed by atoms with Crippen LogP contribution in [0.25, 0.3) is 6.08 Å². The van der Waals surface area contributed by atoms with Crippen LogP contribution in [0.5, 0.6) is 0 Å². The maximum absolute atomic E-state index is 11.9. The third kappa shape index (κ3) is 6.43. The molecule has 0 heterocycles. The number of allylic oxidation sites excluding steroid dienone is 1. The predicted molar refractivity (Wildman–Crippen MR) is 100 cm³/mol. The quantitative estimate of drug-likeness (QED) is 0.629. The van der Waals surface area contributed by atoms with Crippen molar-refractivity contribution in [3.05, 3.63) is 77.4 Å². The fraction of sp³-hybridized carbons (Fsp3) is 0.150. The molecule has 5 heteroatoms. The van der Waals surface area contributed by atoms with Gasteiger partial charge < -0.3 is 5.32 Å². The van der Waals surface area contributed by atoms with Gasteiger partial charge in [-0.3, -0.25) is 9.59 Å². The van der Waals surface area contributed by atoms with E-state index in [1.165, 1.54) is 0 Å². The Bertz CT molecular complexity index is 778. The minimum absolute atomic E-state index is 0.133. The van der Waals surface area contributed by atoms with E-state index in [0.717, 1.165) is 11.1 Å². The maximum Gasteiger partial charge on any atom is 0.259 e. The van der Waals surface area contributed by atoms with Gasteiger partial charge in [0.15, 0.2) is 0 Å². The summed E-state index contributed by atoms with van der Waals surface area (Å²) in [6.45, 7) is 3.60. The normalized spacial score (nSPS) is 11.4. The van der Waals surface area contributed by atoms with Crippen LogP contribution in [0.15, 0.2) is 65.8 Å². The maximum atomic E-state index is 11.9. The molecular formula is C20H21N3O2. The number of nitrogens with one attached hydrogen (secondary N) is 2. The van der Waals surface area contributed by atoms with E-state index >= 15 is 0 Å². The Morgan fingerprint density at radius 3 is 2.40 bits per heavy atom. The van der Waals surface area contributed by atoms with E-state index < -0.39 is 0 Å². The number of carbonyl (C=O) groups is 2. The van der Waals surface area contributed by atoms with Crippen molar-refractivity contribution in [3.8, 4) is 0 Å². The van der Waals surface area contributed by atoms with Gasteiger partial charge in [-0.1, -0.05) is 54.1 Å². The molecule has 0 saturated carbocycles. The van der Waals surface area contributed by atoms with Crippen LogP contribution in [-0.2, 0) is 4.79 Å². The van der Waals surface area contributed by atoms with Gasteiger partial charge in [0, 0.05) is 5.56 Å². The lowest BCUT2D eigenvalue weighted by molar-refractivity contribution is -0.120. The summed E-state index contributed by atoms with van der Waals surface area (Å²) < 4.78 is 0. The molecule has 2 N–H and O–H groups in total. The molecule has 2 rings (SSSR count). The van der Waals surface area contributed by atoms with Crippen LogP contribution < -0.4 is 10.7 Å². The average molecular weight is 335 g/mol. The lowest BCUT2D eigenvalue weighted by Gasteiger charge is -2.05. The highest BCUT2D eigenvalue weighted by atomic mass is 16.2. The molecule has 0 radical (unpaired) electrons. The second-order valence-corrected chi connectivity index (χ2v) is 5.58. The van der Waals surface area contributed by atoms with E-state index in [4.69, 9.17) is 0 Å². The van der Waals surface area contributed by atoms with Gasteiger partial charge in [-0.25, -0.2) is 5.43 Å². The molecular weight excluding hydrogens is 314 g/mol. The predicted octanol–water partition coefficient (Wildman–Crippen LogP) is 2.93. The number of carbonyl (C=O) groups excluding carboxylic acids is 2. The number of hydrazone groups is 1. The highest BCUT2D eigenvalue weighted by Crippen LogP contribution is 2.02. The molecule has 2 amide bonds. The van der Waals surface area contributed by atoms with E-state index in [1.54, 1.807) is 25.1 Å². The molecule has 0 unspecified atom stereocenters. The summed E-state index contributed by atoms with van der Waals surface area (Å²) in [4.78, 5) is 23.7. The van der Waals surface area contributed by atoms with Crippen molar-refractivity contribution in [3.63, 3.8) is 0 Å². The molecule has 128 valence electrons. The van der Waals surface area contributed by atoms with Gasteiger partial charge in [0.05, 0.1) is 12.3 Å². The lowest BCUT2D eigenvalue weighted by Crippen LogP contribution is -2.35. The van der Waals surface area contributed by atoms with Gasteiger partial charge in [0.25, 0.3) is 11.8 Å². The van der Waals surface area contributed by atoms with Crippen LogP contribution in [0.4, 0.5) is 0 Å². The molecule has 0 aliphatic carbocycles. The van der Waals surface area contributed by atoms with Crippen LogP contribution in [0.2, 0.25) is 0 Å². The van der Waals surface area contributed by atoms with Crippen LogP contribution >= 0.6 is 0 Å². The summed E-state index contributed by atoms with van der Waals surface area (Å²) in [5.74, 6) is -0.673. The van der Waals surface area contributed by atoms with Crippen molar-refractivity contribution in [2.45, 2.75) is 13.8 Å². The molecule has 0 aliphatic heterocycles. The van der Waals surface area contributed by atoms with Crippen LogP contribution in [0, 0.1) is 6.92 Å². The second kappa shape index (κ2) is 9.17. The first-order valence-corrected chi connectivity index (χ1v) is 7.96. The molecule has 0 saturated heterocycles. The van der Waals surface area contributed by atoms with Crippen molar-refractivity contribution < 1.29 is 9.59 Å². The van der Waals surface area contributed by atoms with E-state index in [0.29, 0.717) is 11.3 Å². The first kappa shape index (κ1) is 18.1. The minimum atomic E-state index is -0.382. The topological polar surface area (TPSA) is 70.6 Å². The van der Waals surface area contributed by atoms with Crippen molar-refractivity contribution in [1.29, 1.82) is 0 Å². The first-order chi connectivity index (χ1) is 12.0. The Morgan fingerprint density at radius 2 is 1.72 bits per heavy atom. The third-order valence-corrected chi connectivity index (χ3v) is 3.40. The Kier molecular flexibility index (Phi) is 6.65. The van der Waals surface area contributed by atoms with Gasteiger partial charge in [-0.2, -0.15) is 5.10 Å². The van der Waals surface area contributed by atoms with Gasteiger partial charge in [0.2, 0.25) is 0 Å². The standard InChI is InChI=1S/C20H21N3O2/c1-15-8-12-18(13-9-15)20(25)21-14-19(24)23-22-16(2)10-11-17-6-4-3-5-7-17/h3-13H,14H2,1-2H3,(H,21,25)(H,23,24)/b11-10+,22-16-. The molecule has 2 aromatic rings. The molecule has 25 heavy (non-hydrogen) atoms. The fourth-order valence-electron chi connectivity index (χ4n) is 1.98. The molecule has 0 aromatic heterocycles. The number of hydrogen-bond donors (Lipinski definition) is 2. The number of benzene rings is 2. The number of nitrogens with zero attached hydrogens (tertiary/aromatic N) is 1. The van der Waals surface area contributed by atoms with Gasteiger partial charge >= 0.3 is 0 Å². The van der Waals surface area contributed by atoms with Gasteiger partial charge in [-0.15, -0.1) is 0 Å². The second-order valence-electron chi connectivity index (χ2n) is 5.58. The third-order valence-electron chi connectivity index (χ3n) is 3.40. The van der Waals surface area contributed by atoms with E-state index in [1.807, 2.05) is 55.5 Å². The van der Waals surface area contributed by atoms with Crippen molar-refractivity contribution >= 4 is 23.6 Å². The highest BCUT2D eigenvalue weighted by molar-refractivity contribution is 5.98. The Labute approximate surface area is 147 Å². The molecule has 0 fully saturated rings. The fourth-order valence-corrected chi connectivity index (χ4v) is 1.98.